The van der Waals surface area contributed by atoms with E-state index >= 15 is 0 Å². The van der Waals surface area contributed by atoms with Crippen LogP contribution in [-0.4, -0.2) is 77.7 Å². The molecule has 0 radical (unpaired) electrons. The van der Waals surface area contributed by atoms with Crippen LogP contribution >= 0.6 is 0 Å². The van der Waals surface area contributed by atoms with E-state index in [9.17, 15) is 18.0 Å². The van der Waals surface area contributed by atoms with Gasteiger partial charge in [-0.2, -0.15) is 13.2 Å². The van der Waals surface area contributed by atoms with Gasteiger partial charge in [0.25, 0.3) is 0 Å². The highest BCUT2D eigenvalue weighted by molar-refractivity contribution is 6.28. The van der Waals surface area contributed by atoms with E-state index in [1.807, 2.05) is 0 Å². The van der Waals surface area contributed by atoms with Gasteiger partial charge in [0.05, 0.1) is 5.56 Å². The summed E-state index contributed by atoms with van der Waals surface area (Å²) in [6.07, 6.45) is -3.19. The molecule has 0 spiro atoms. The summed E-state index contributed by atoms with van der Waals surface area (Å²) < 4.78 is 35.9. The number of carbonyl (C=O) groups is 7. The second kappa shape index (κ2) is 14.5. The van der Waals surface area contributed by atoms with Gasteiger partial charge in [-0.1, -0.05) is 0 Å². The van der Waals surface area contributed by atoms with Gasteiger partial charge in [-0.3, -0.25) is 9.78 Å². The number of nitrogens with zero attached hydrogens (tertiary/aromatic N) is 1. The first-order valence-electron chi connectivity index (χ1n) is 6.34. The summed E-state index contributed by atoms with van der Waals surface area (Å²) in [7, 11) is 0. The molecule has 0 bridgehead atoms. The van der Waals surface area contributed by atoms with Crippen molar-refractivity contribution < 1.29 is 77.4 Å². The van der Waals surface area contributed by atoms with Crippen LogP contribution in [0.5, 0.6) is 0 Å². The molecule has 14 nitrogen and oxygen atoms in total. The fraction of sp³-hybridized carbons (Fsp3) is 0.0769. The first-order valence-corrected chi connectivity index (χ1v) is 6.34. The monoisotopic (exact) mass is 445 g/mol. The van der Waals surface area contributed by atoms with Crippen LogP contribution in [0.25, 0.3) is 0 Å². The standard InChI is InChI=1S/C7H4F3NO.3C2H2O4/c8-7(9,10)5-1-2-11-6(3-5)4-12;3*3-1(4)2(5)6/h1-4H;3*(H,3,4)(H,5,6). The number of halogens is 3. The molecule has 166 valence electrons. The van der Waals surface area contributed by atoms with Crippen molar-refractivity contribution in [3.8, 4) is 0 Å². The van der Waals surface area contributed by atoms with E-state index in [0.29, 0.717) is 6.07 Å². The summed E-state index contributed by atoms with van der Waals surface area (Å²) in [5, 5.41) is 44.3. The van der Waals surface area contributed by atoms with E-state index in [2.05, 4.69) is 4.98 Å². The summed E-state index contributed by atoms with van der Waals surface area (Å²) in [4.78, 5) is 68.1. The van der Waals surface area contributed by atoms with E-state index in [1.54, 1.807) is 0 Å². The average molecular weight is 445 g/mol. The Labute approximate surface area is 161 Å². The molecule has 1 aromatic heterocycles. The summed E-state index contributed by atoms with van der Waals surface area (Å²) in [6, 6.07) is 1.51. The number of alkyl halides is 3. The minimum atomic E-state index is -4.42. The average Bonchev–Trinajstić information content (AvgIpc) is 2.62. The minimum Gasteiger partial charge on any atom is -0.473 e. The molecule has 0 fully saturated rings. The van der Waals surface area contributed by atoms with Crippen LogP contribution in [0.3, 0.4) is 0 Å². The normalized spacial score (nSPS) is 8.90. The summed E-state index contributed by atoms with van der Waals surface area (Å²) in [5.74, 6) is -10.9. The third-order valence-corrected chi connectivity index (χ3v) is 1.78. The van der Waals surface area contributed by atoms with Gasteiger partial charge in [0, 0.05) is 6.20 Å². The molecular formula is C13H10F3NO13. The summed E-state index contributed by atoms with van der Waals surface area (Å²) in [6.45, 7) is 0. The van der Waals surface area contributed by atoms with Crippen molar-refractivity contribution in [1.82, 2.24) is 4.98 Å². The highest BCUT2D eigenvalue weighted by atomic mass is 19.4. The zero-order valence-corrected chi connectivity index (χ0v) is 13.9. The highest BCUT2D eigenvalue weighted by Crippen LogP contribution is 2.28. The molecule has 0 unspecified atom stereocenters. The number of carboxylic acids is 6. The molecule has 30 heavy (non-hydrogen) atoms. The van der Waals surface area contributed by atoms with E-state index < -0.39 is 47.6 Å². The molecule has 1 heterocycles. The Hall–Kier alpha value is -4.57. The van der Waals surface area contributed by atoms with Crippen molar-refractivity contribution in [2.75, 3.05) is 0 Å². The SMILES string of the molecule is O=C(O)C(=O)O.O=C(O)C(=O)O.O=C(O)C(=O)O.O=Cc1cc(C(F)(F)F)ccn1. The van der Waals surface area contributed by atoms with E-state index in [1.165, 1.54) is 0 Å². The smallest absolute Gasteiger partial charge is 0.416 e. The van der Waals surface area contributed by atoms with Crippen molar-refractivity contribution in [3.05, 3.63) is 29.6 Å². The molecule has 6 N–H and O–H groups in total. The van der Waals surface area contributed by atoms with Crippen molar-refractivity contribution in [2.45, 2.75) is 6.18 Å². The highest BCUT2D eigenvalue weighted by Gasteiger charge is 2.30. The minimum absolute atomic E-state index is 0.218. The van der Waals surface area contributed by atoms with Crippen molar-refractivity contribution in [2.24, 2.45) is 0 Å². The molecule has 0 aromatic carbocycles. The zero-order chi connectivity index (χ0) is 24.7. The number of hydrogen-bond donors (Lipinski definition) is 6. The second-order valence-electron chi connectivity index (χ2n) is 3.92. The van der Waals surface area contributed by atoms with Crippen LogP contribution in [0.4, 0.5) is 13.2 Å². The Balaban J connectivity index is -0.000000349. The zero-order valence-electron chi connectivity index (χ0n) is 13.9. The fourth-order valence-electron chi connectivity index (χ4n) is 0.689. The lowest BCUT2D eigenvalue weighted by Crippen LogP contribution is -2.09. The van der Waals surface area contributed by atoms with Gasteiger partial charge in [-0.25, -0.2) is 28.8 Å². The third kappa shape index (κ3) is 18.2. The topological polar surface area (TPSA) is 254 Å². The predicted octanol–water partition coefficient (Wildman–Crippen LogP) is -0.620. The molecule has 1 aromatic rings. The fourth-order valence-corrected chi connectivity index (χ4v) is 0.689. The molecule has 0 aliphatic carbocycles. The van der Waals surface area contributed by atoms with Gasteiger partial charge in [0.1, 0.15) is 5.69 Å². The van der Waals surface area contributed by atoms with E-state index in [-0.39, 0.29) is 12.0 Å². The van der Waals surface area contributed by atoms with Gasteiger partial charge >= 0.3 is 42.0 Å². The Morgan fingerprint density at radius 3 is 1.23 bits per heavy atom. The van der Waals surface area contributed by atoms with Crippen molar-refractivity contribution in [1.29, 1.82) is 0 Å². The van der Waals surface area contributed by atoms with Crippen LogP contribution < -0.4 is 0 Å². The Morgan fingerprint density at radius 1 is 0.733 bits per heavy atom. The quantitative estimate of drug-likeness (QED) is 0.233. The molecule has 0 aliphatic heterocycles. The van der Waals surface area contributed by atoms with E-state index in [0.717, 1.165) is 12.3 Å². The van der Waals surface area contributed by atoms with Crippen LogP contribution in [0.1, 0.15) is 16.1 Å². The lowest BCUT2D eigenvalue weighted by molar-refractivity contribution is -0.159. The predicted molar refractivity (Wildman–Crippen MR) is 80.4 cm³/mol. The number of pyridine rings is 1. The number of rotatable bonds is 1. The number of hydrogen-bond acceptors (Lipinski definition) is 8. The summed E-state index contributed by atoms with van der Waals surface area (Å²) >= 11 is 0. The maximum Gasteiger partial charge on any atom is 0.416 e. The third-order valence-electron chi connectivity index (χ3n) is 1.78. The van der Waals surface area contributed by atoms with Gasteiger partial charge in [0.2, 0.25) is 0 Å². The van der Waals surface area contributed by atoms with Crippen LogP contribution in [0.15, 0.2) is 18.3 Å². The molecule has 0 amide bonds. The Kier molecular flexibility index (Phi) is 14.6. The van der Waals surface area contributed by atoms with Gasteiger partial charge in [-0.15, -0.1) is 0 Å². The molecule has 1 rings (SSSR count). The van der Waals surface area contributed by atoms with Crippen LogP contribution in [0.2, 0.25) is 0 Å². The van der Waals surface area contributed by atoms with Crippen molar-refractivity contribution >= 4 is 42.1 Å². The number of aldehydes is 1. The lowest BCUT2D eigenvalue weighted by Gasteiger charge is -2.04. The molecule has 0 saturated heterocycles. The van der Waals surface area contributed by atoms with Gasteiger partial charge in [0.15, 0.2) is 6.29 Å². The maximum atomic E-state index is 12.0. The summed E-state index contributed by atoms with van der Waals surface area (Å²) in [5.41, 5.74) is -1.08. The van der Waals surface area contributed by atoms with Crippen molar-refractivity contribution in [3.63, 3.8) is 0 Å². The largest absolute Gasteiger partial charge is 0.473 e. The lowest BCUT2D eigenvalue weighted by atomic mass is 10.2. The Bertz CT molecular complexity index is 711. The molecule has 17 heteroatoms. The first kappa shape index (κ1) is 30.2. The second-order valence-corrected chi connectivity index (χ2v) is 3.92. The number of aromatic nitrogens is 1. The molecular weight excluding hydrogens is 435 g/mol. The molecule has 0 saturated carbocycles. The van der Waals surface area contributed by atoms with Crippen LogP contribution in [-0.2, 0) is 34.9 Å². The molecule has 0 aliphatic rings. The first-order chi connectivity index (χ1) is 13.5. The van der Waals surface area contributed by atoms with Gasteiger partial charge in [-0.05, 0) is 12.1 Å². The molecule has 0 atom stereocenters. The van der Waals surface area contributed by atoms with Gasteiger partial charge < -0.3 is 30.6 Å². The number of carboxylic acid groups (broad SMARTS) is 6. The van der Waals surface area contributed by atoms with E-state index in [4.69, 9.17) is 59.4 Å². The van der Waals surface area contributed by atoms with Crippen LogP contribution in [0, 0.1) is 0 Å². The number of carbonyl (C=O) groups excluding carboxylic acids is 1. The Morgan fingerprint density at radius 2 is 1.03 bits per heavy atom. The maximum absolute atomic E-state index is 12.0. The number of aliphatic carboxylic acids is 6.